The van der Waals surface area contributed by atoms with Gasteiger partial charge < -0.3 is 5.73 Å². The monoisotopic (exact) mass is 219 g/mol. The fourth-order valence-electron chi connectivity index (χ4n) is 2.28. The number of nitrogens with two attached hydrogens (primary N) is 1. The molecular weight excluding hydrogens is 202 g/mol. The maximum absolute atomic E-state index is 10.8. The van der Waals surface area contributed by atoms with Gasteiger partial charge >= 0.3 is 0 Å². The summed E-state index contributed by atoms with van der Waals surface area (Å²) < 4.78 is 0. The van der Waals surface area contributed by atoms with E-state index < -0.39 is 0 Å². The third-order valence-corrected chi connectivity index (χ3v) is 3.14. The van der Waals surface area contributed by atoms with E-state index in [9.17, 15) is 4.79 Å². The maximum atomic E-state index is 10.8. The molecular formula is C12H17N3O. The van der Waals surface area contributed by atoms with Crippen LogP contribution in [0.4, 0.5) is 0 Å². The largest absolute Gasteiger partial charge is 0.369 e. The number of nitrogens with zero attached hydrogens (tertiary/aromatic N) is 2. The molecule has 0 atom stereocenters. The summed E-state index contributed by atoms with van der Waals surface area (Å²) in [6.07, 6.45) is 5.87. The van der Waals surface area contributed by atoms with Crippen LogP contribution in [0.1, 0.15) is 24.3 Å². The summed E-state index contributed by atoms with van der Waals surface area (Å²) in [6, 6.07) is 4.16. The number of amides is 1. The molecule has 2 N–H and O–H groups in total. The normalized spacial score (nSPS) is 18.5. The summed E-state index contributed by atoms with van der Waals surface area (Å²) in [5, 5.41) is 0. The second-order valence-electron chi connectivity index (χ2n) is 4.30. The van der Waals surface area contributed by atoms with E-state index >= 15 is 0 Å². The van der Waals surface area contributed by atoms with Crippen molar-refractivity contribution >= 4 is 5.91 Å². The van der Waals surface area contributed by atoms with Crippen LogP contribution in [0.25, 0.3) is 0 Å². The van der Waals surface area contributed by atoms with Gasteiger partial charge in [0.2, 0.25) is 5.91 Å². The maximum Gasteiger partial charge on any atom is 0.231 e. The lowest BCUT2D eigenvalue weighted by molar-refractivity contribution is -0.119. The summed E-state index contributed by atoms with van der Waals surface area (Å²) >= 11 is 0. The van der Waals surface area contributed by atoms with E-state index in [1.54, 1.807) is 0 Å². The zero-order valence-electron chi connectivity index (χ0n) is 9.30. The van der Waals surface area contributed by atoms with E-state index in [0.717, 1.165) is 25.9 Å². The minimum atomic E-state index is -0.234. The molecule has 2 rings (SSSR count). The molecule has 1 aliphatic rings. The Morgan fingerprint density at radius 3 is 2.56 bits per heavy atom. The van der Waals surface area contributed by atoms with Crippen molar-refractivity contribution in [1.82, 2.24) is 9.88 Å². The highest BCUT2D eigenvalue weighted by Gasteiger charge is 2.20. The van der Waals surface area contributed by atoms with Gasteiger partial charge in [-0.3, -0.25) is 14.7 Å². The Morgan fingerprint density at radius 2 is 2.00 bits per heavy atom. The van der Waals surface area contributed by atoms with Crippen LogP contribution in [-0.2, 0) is 4.79 Å². The molecule has 0 unspecified atom stereocenters. The van der Waals surface area contributed by atoms with Gasteiger partial charge in [0.15, 0.2) is 0 Å². The number of likely N-dealkylation sites (tertiary alicyclic amines) is 1. The number of primary amides is 1. The van der Waals surface area contributed by atoms with Crippen LogP contribution in [0.5, 0.6) is 0 Å². The number of pyridine rings is 1. The Kier molecular flexibility index (Phi) is 3.51. The van der Waals surface area contributed by atoms with Crippen molar-refractivity contribution in [2.45, 2.75) is 18.8 Å². The van der Waals surface area contributed by atoms with Crippen LogP contribution in [0.2, 0.25) is 0 Å². The second-order valence-corrected chi connectivity index (χ2v) is 4.30. The van der Waals surface area contributed by atoms with Gasteiger partial charge in [0.25, 0.3) is 0 Å². The van der Waals surface area contributed by atoms with Crippen molar-refractivity contribution in [2.75, 3.05) is 19.6 Å². The Hall–Kier alpha value is -1.42. The number of hydrogen-bond donors (Lipinski definition) is 1. The highest BCUT2D eigenvalue weighted by atomic mass is 16.1. The molecule has 16 heavy (non-hydrogen) atoms. The van der Waals surface area contributed by atoms with E-state index in [0.29, 0.717) is 12.5 Å². The molecule has 1 saturated heterocycles. The molecule has 1 fully saturated rings. The lowest BCUT2D eigenvalue weighted by Crippen LogP contribution is -2.39. The summed E-state index contributed by atoms with van der Waals surface area (Å²) in [5.74, 6) is 0.370. The minimum absolute atomic E-state index is 0.234. The van der Waals surface area contributed by atoms with Crippen molar-refractivity contribution in [3.05, 3.63) is 30.1 Å². The molecule has 86 valence electrons. The Morgan fingerprint density at radius 1 is 1.38 bits per heavy atom. The highest BCUT2D eigenvalue weighted by Crippen LogP contribution is 2.26. The summed E-state index contributed by atoms with van der Waals surface area (Å²) in [5.41, 5.74) is 6.54. The second kappa shape index (κ2) is 5.07. The standard InChI is InChI=1S/C12H17N3O/c13-12(16)9-15-7-3-11(4-8-15)10-1-5-14-6-2-10/h1-2,5-6,11H,3-4,7-9H2,(H2,13,16). The molecule has 0 aliphatic carbocycles. The molecule has 1 aliphatic heterocycles. The Balaban J connectivity index is 1.88. The molecule has 2 heterocycles. The molecule has 1 amide bonds. The smallest absolute Gasteiger partial charge is 0.231 e. The number of piperidine rings is 1. The first-order valence-electron chi connectivity index (χ1n) is 5.66. The van der Waals surface area contributed by atoms with Gasteiger partial charge in [-0.15, -0.1) is 0 Å². The van der Waals surface area contributed by atoms with Crippen molar-refractivity contribution in [2.24, 2.45) is 5.73 Å². The third kappa shape index (κ3) is 2.79. The van der Waals surface area contributed by atoms with Gasteiger partial charge in [-0.1, -0.05) is 0 Å². The molecule has 1 aromatic rings. The molecule has 0 spiro atoms. The van der Waals surface area contributed by atoms with Crippen LogP contribution < -0.4 is 5.73 Å². The quantitative estimate of drug-likeness (QED) is 0.816. The summed E-state index contributed by atoms with van der Waals surface area (Å²) in [7, 11) is 0. The Labute approximate surface area is 95.5 Å². The average molecular weight is 219 g/mol. The summed E-state index contributed by atoms with van der Waals surface area (Å²) in [6.45, 7) is 2.30. The van der Waals surface area contributed by atoms with Gasteiger partial charge in [0.1, 0.15) is 0 Å². The predicted molar refractivity (Wildman–Crippen MR) is 61.8 cm³/mol. The molecule has 0 saturated carbocycles. The van der Waals surface area contributed by atoms with Crippen LogP contribution in [0.3, 0.4) is 0 Å². The van der Waals surface area contributed by atoms with E-state index in [1.165, 1.54) is 5.56 Å². The van der Waals surface area contributed by atoms with Crippen LogP contribution in [0, 0.1) is 0 Å². The topological polar surface area (TPSA) is 59.2 Å². The van der Waals surface area contributed by atoms with Crippen LogP contribution in [-0.4, -0.2) is 35.4 Å². The number of hydrogen-bond acceptors (Lipinski definition) is 3. The molecule has 1 aromatic heterocycles. The number of aromatic nitrogens is 1. The van der Waals surface area contributed by atoms with Gasteiger partial charge in [-0.2, -0.15) is 0 Å². The van der Waals surface area contributed by atoms with Crippen molar-refractivity contribution in [3.8, 4) is 0 Å². The van der Waals surface area contributed by atoms with Crippen LogP contribution >= 0.6 is 0 Å². The fraction of sp³-hybridized carbons (Fsp3) is 0.500. The molecule has 0 bridgehead atoms. The number of carbonyl (C=O) groups is 1. The zero-order chi connectivity index (χ0) is 11.4. The number of rotatable bonds is 3. The van der Waals surface area contributed by atoms with Gasteiger partial charge in [0, 0.05) is 12.4 Å². The van der Waals surface area contributed by atoms with Crippen LogP contribution in [0.15, 0.2) is 24.5 Å². The van der Waals surface area contributed by atoms with Gasteiger partial charge in [-0.05, 0) is 49.5 Å². The molecule has 0 aromatic carbocycles. The third-order valence-electron chi connectivity index (χ3n) is 3.14. The molecule has 0 radical (unpaired) electrons. The first kappa shape index (κ1) is 11.1. The van der Waals surface area contributed by atoms with E-state index in [-0.39, 0.29) is 5.91 Å². The van der Waals surface area contributed by atoms with E-state index in [2.05, 4.69) is 22.0 Å². The Bertz CT molecular complexity index is 345. The molecule has 4 heteroatoms. The van der Waals surface area contributed by atoms with Crippen molar-refractivity contribution in [3.63, 3.8) is 0 Å². The first-order valence-corrected chi connectivity index (χ1v) is 5.66. The summed E-state index contributed by atoms with van der Waals surface area (Å²) in [4.78, 5) is 16.9. The average Bonchev–Trinajstić information content (AvgIpc) is 2.30. The van der Waals surface area contributed by atoms with Gasteiger partial charge in [-0.25, -0.2) is 0 Å². The SMILES string of the molecule is NC(=O)CN1CCC(c2ccncc2)CC1. The predicted octanol–water partition coefficient (Wildman–Crippen LogP) is 0.746. The van der Waals surface area contributed by atoms with Gasteiger partial charge in [0.05, 0.1) is 6.54 Å². The van der Waals surface area contributed by atoms with E-state index in [1.807, 2.05) is 12.4 Å². The lowest BCUT2D eigenvalue weighted by Gasteiger charge is -2.31. The first-order chi connectivity index (χ1) is 7.75. The fourth-order valence-corrected chi connectivity index (χ4v) is 2.28. The zero-order valence-corrected chi connectivity index (χ0v) is 9.30. The lowest BCUT2D eigenvalue weighted by atomic mass is 9.90. The van der Waals surface area contributed by atoms with Crippen molar-refractivity contribution < 1.29 is 4.79 Å². The van der Waals surface area contributed by atoms with Crippen molar-refractivity contribution in [1.29, 1.82) is 0 Å². The number of carbonyl (C=O) groups excluding carboxylic acids is 1. The molecule has 4 nitrogen and oxygen atoms in total. The van der Waals surface area contributed by atoms with E-state index in [4.69, 9.17) is 5.73 Å². The minimum Gasteiger partial charge on any atom is -0.369 e. The highest BCUT2D eigenvalue weighted by molar-refractivity contribution is 5.75.